The van der Waals surface area contributed by atoms with Crippen molar-refractivity contribution in [2.75, 3.05) is 36.2 Å². The Morgan fingerprint density at radius 1 is 0.912 bits per heavy atom. The molecule has 0 radical (unpaired) electrons. The minimum absolute atomic E-state index is 0.128. The van der Waals surface area contributed by atoms with Gasteiger partial charge in [0.1, 0.15) is 5.75 Å². The molecule has 7 nitrogen and oxygen atoms in total. The molecule has 0 aromatic heterocycles. The molecule has 0 bridgehead atoms. The van der Waals surface area contributed by atoms with Crippen LogP contribution in [0.4, 0.5) is 11.4 Å². The molecular formula is C26H31N3O4S. The number of rotatable bonds is 10. The van der Waals surface area contributed by atoms with Crippen LogP contribution in [0.2, 0.25) is 0 Å². The summed E-state index contributed by atoms with van der Waals surface area (Å²) in [6, 6.07) is 22.0. The second kappa shape index (κ2) is 11.1. The lowest BCUT2D eigenvalue weighted by Crippen LogP contribution is -2.29. The average molecular weight is 482 g/mol. The summed E-state index contributed by atoms with van der Waals surface area (Å²) in [6.07, 6.45) is 1.17. The van der Waals surface area contributed by atoms with Crippen LogP contribution in [0.25, 0.3) is 0 Å². The maximum Gasteiger partial charge on any atom is 0.251 e. The lowest BCUT2D eigenvalue weighted by molar-refractivity contribution is 0.0951. The Bertz CT molecular complexity index is 1210. The molecule has 3 aromatic carbocycles. The highest BCUT2D eigenvalue weighted by Gasteiger charge is 2.21. The Labute approximate surface area is 202 Å². The number of carbonyl (C=O) groups is 1. The number of benzene rings is 3. The molecule has 3 aromatic rings. The highest BCUT2D eigenvalue weighted by molar-refractivity contribution is 7.92. The van der Waals surface area contributed by atoms with Crippen LogP contribution in [0.15, 0.2) is 72.8 Å². The molecule has 0 atom stereocenters. The number of ether oxygens (including phenoxy) is 1. The first kappa shape index (κ1) is 25.1. The van der Waals surface area contributed by atoms with Gasteiger partial charge in [0.2, 0.25) is 10.0 Å². The van der Waals surface area contributed by atoms with E-state index in [1.165, 1.54) is 10.6 Å². The van der Waals surface area contributed by atoms with E-state index >= 15 is 0 Å². The topological polar surface area (TPSA) is 79.0 Å². The number of hydrogen-bond donors (Lipinski definition) is 1. The molecule has 180 valence electrons. The Balaban J connectivity index is 1.69. The van der Waals surface area contributed by atoms with Crippen LogP contribution in [0.5, 0.6) is 5.75 Å². The predicted octanol–water partition coefficient (Wildman–Crippen LogP) is 4.05. The number of carbonyl (C=O) groups excluding carboxylic acids is 1. The minimum atomic E-state index is -3.56. The Hall–Kier alpha value is -3.52. The summed E-state index contributed by atoms with van der Waals surface area (Å²) >= 11 is 0. The Morgan fingerprint density at radius 3 is 2.12 bits per heavy atom. The first-order valence-corrected chi connectivity index (χ1v) is 12.9. The molecule has 0 aliphatic rings. The van der Waals surface area contributed by atoms with Crippen molar-refractivity contribution < 1.29 is 17.9 Å². The van der Waals surface area contributed by atoms with Crippen molar-refractivity contribution in [1.29, 1.82) is 0 Å². The van der Waals surface area contributed by atoms with Crippen LogP contribution in [-0.2, 0) is 23.1 Å². The average Bonchev–Trinajstić information content (AvgIpc) is 2.81. The van der Waals surface area contributed by atoms with E-state index in [1.807, 2.05) is 50.2 Å². The fourth-order valence-corrected chi connectivity index (χ4v) is 4.34. The number of hydrogen-bond acceptors (Lipinski definition) is 5. The molecule has 0 aliphatic carbocycles. The van der Waals surface area contributed by atoms with Gasteiger partial charge in [-0.25, -0.2) is 8.42 Å². The summed E-state index contributed by atoms with van der Waals surface area (Å²) in [4.78, 5) is 14.6. The zero-order valence-corrected chi connectivity index (χ0v) is 20.8. The van der Waals surface area contributed by atoms with Crippen LogP contribution in [0.1, 0.15) is 28.4 Å². The van der Waals surface area contributed by atoms with Gasteiger partial charge >= 0.3 is 0 Å². The third kappa shape index (κ3) is 6.51. The van der Waals surface area contributed by atoms with Gasteiger partial charge in [-0.2, -0.15) is 0 Å². The zero-order valence-electron chi connectivity index (χ0n) is 20.0. The van der Waals surface area contributed by atoms with Gasteiger partial charge in [0.05, 0.1) is 25.1 Å². The van der Waals surface area contributed by atoms with Crippen molar-refractivity contribution in [1.82, 2.24) is 5.32 Å². The third-order valence-corrected chi connectivity index (χ3v) is 6.41. The molecule has 0 saturated carbocycles. The van der Waals surface area contributed by atoms with Crippen molar-refractivity contribution in [2.45, 2.75) is 20.0 Å². The molecule has 34 heavy (non-hydrogen) atoms. The highest BCUT2D eigenvalue weighted by Crippen LogP contribution is 2.31. The normalized spacial score (nSPS) is 11.1. The van der Waals surface area contributed by atoms with Gasteiger partial charge in [-0.1, -0.05) is 36.4 Å². The van der Waals surface area contributed by atoms with Crippen LogP contribution in [0, 0.1) is 0 Å². The standard InChI is InChI=1S/C26H31N3O4S/c1-5-33-25-9-7-6-8-24(25)29(34(4,31)32)19-21-10-14-22(15-11-21)26(30)27-18-20-12-16-23(17-13-20)28(2)3/h6-17H,5,18-19H2,1-4H3,(H,27,30). The van der Waals surface area contributed by atoms with Crippen LogP contribution in [-0.4, -0.2) is 41.3 Å². The first-order chi connectivity index (χ1) is 16.2. The van der Waals surface area contributed by atoms with E-state index in [1.54, 1.807) is 48.5 Å². The SMILES string of the molecule is CCOc1ccccc1N(Cc1ccc(C(=O)NCc2ccc(N(C)C)cc2)cc1)S(C)(=O)=O. The largest absolute Gasteiger partial charge is 0.492 e. The summed E-state index contributed by atoms with van der Waals surface area (Å²) in [5.41, 5.74) is 3.85. The van der Waals surface area contributed by atoms with Gasteiger partial charge in [-0.3, -0.25) is 9.10 Å². The second-order valence-corrected chi connectivity index (χ2v) is 10.0. The molecular weight excluding hydrogens is 450 g/mol. The molecule has 0 saturated heterocycles. The molecule has 8 heteroatoms. The van der Waals surface area contributed by atoms with E-state index in [-0.39, 0.29) is 12.5 Å². The summed E-state index contributed by atoms with van der Waals surface area (Å²) in [5, 5.41) is 2.92. The molecule has 1 amide bonds. The molecule has 1 N–H and O–H groups in total. The summed E-state index contributed by atoms with van der Waals surface area (Å²) in [7, 11) is 0.399. The minimum Gasteiger partial charge on any atom is -0.492 e. The smallest absolute Gasteiger partial charge is 0.251 e. The van der Waals surface area contributed by atoms with Gasteiger partial charge in [0, 0.05) is 31.9 Å². The number of nitrogens with one attached hydrogen (secondary N) is 1. The molecule has 0 fully saturated rings. The Kier molecular flexibility index (Phi) is 8.17. The van der Waals surface area contributed by atoms with Gasteiger partial charge in [0.25, 0.3) is 5.91 Å². The summed E-state index contributed by atoms with van der Waals surface area (Å²) in [6.45, 7) is 2.83. The van der Waals surface area contributed by atoms with E-state index in [9.17, 15) is 13.2 Å². The number of anilines is 2. The van der Waals surface area contributed by atoms with Gasteiger partial charge in [-0.05, 0) is 54.4 Å². The predicted molar refractivity (Wildman–Crippen MR) is 137 cm³/mol. The first-order valence-electron chi connectivity index (χ1n) is 11.0. The van der Waals surface area contributed by atoms with E-state index in [0.29, 0.717) is 30.2 Å². The van der Waals surface area contributed by atoms with E-state index in [0.717, 1.165) is 16.8 Å². The van der Waals surface area contributed by atoms with Crippen molar-refractivity contribution in [3.05, 3.63) is 89.5 Å². The fourth-order valence-electron chi connectivity index (χ4n) is 3.45. The number of sulfonamides is 1. The van der Waals surface area contributed by atoms with Crippen molar-refractivity contribution in [3.8, 4) is 5.75 Å². The van der Waals surface area contributed by atoms with Gasteiger partial charge in [0.15, 0.2) is 0 Å². The number of para-hydroxylation sites is 2. The molecule has 0 unspecified atom stereocenters. The maximum atomic E-state index is 12.6. The van der Waals surface area contributed by atoms with E-state index < -0.39 is 10.0 Å². The van der Waals surface area contributed by atoms with Crippen LogP contribution < -0.4 is 19.3 Å². The second-order valence-electron chi connectivity index (χ2n) is 8.11. The van der Waals surface area contributed by atoms with Crippen molar-refractivity contribution in [2.24, 2.45) is 0 Å². The van der Waals surface area contributed by atoms with Crippen molar-refractivity contribution >= 4 is 27.3 Å². The maximum absolute atomic E-state index is 12.6. The monoisotopic (exact) mass is 481 g/mol. The quantitative estimate of drug-likeness (QED) is 0.473. The van der Waals surface area contributed by atoms with Crippen LogP contribution >= 0.6 is 0 Å². The van der Waals surface area contributed by atoms with E-state index in [4.69, 9.17) is 4.74 Å². The molecule has 0 spiro atoms. The molecule has 0 aliphatic heterocycles. The van der Waals surface area contributed by atoms with E-state index in [2.05, 4.69) is 5.32 Å². The molecule has 3 rings (SSSR count). The lowest BCUT2D eigenvalue weighted by Gasteiger charge is -2.24. The van der Waals surface area contributed by atoms with Gasteiger partial charge < -0.3 is 15.0 Å². The van der Waals surface area contributed by atoms with Crippen molar-refractivity contribution in [3.63, 3.8) is 0 Å². The highest BCUT2D eigenvalue weighted by atomic mass is 32.2. The lowest BCUT2D eigenvalue weighted by atomic mass is 10.1. The number of amides is 1. The van der Waals surface area contributed by atoms with Gasteiger partial charge in [-0.15, -0.1) is 0 Å². The zero-order chi connectivity index (χ0) is 24.7. The number of nitrogens with zero attached hydrogens (tertiary/aromatic N) is 2. The Morgan fingerprint density at radius 2 is 1.53 bits per heavy atom. The summed E-state index contributed by atoms with van der Waals surface area (Å²) < 4.78 is 32.0. The van der Waals surface area contributed by atoms with Crippen LogP contribution in [0.3, 0.4) is 0 Å². The third-order valence-electron chi connectivity index (χ3n) is 5.28. The molecule has 0 heterocycles. The fraction of sp³-hybridized carbons (Fsp3) is 0.269. The summed E-state index contributed by atoms with van der Waals surface area (Å²) in [5.74, 6) is 0.315.